The van der Waals surface area contributed by atoms with Gasteiger partial charge in [0.05, 0.1) is 0 Å². The Kier molecular flexibility index (Phi) is 5.34. The van der Waals surface area contributed by atoms with E-state index in [2.05, 4.69) is 45.0 Å². The second kappa shape index (κ2) is 6.36. The summed E-state index contributed by atoms with van der Waals surface area (Å²) >= 11 is 0. The lowest BCUT2D eigenvalue weighted by atomic mass is 9.77. The van der Waals surface area contributed by atoms with Gasteiger partial charge in [0.15, 0.2) is 0 Å². The molecule has 0 bridgehead atoms. The highest BCUT2D eigenvalue weighted by molar-refractivity contribution is 5.90. The molecule has 1 aromatic carbocycles. The van der Waals surface area contributed by atoms with Gasteiger partial charge < -0.3 is 0 Å². The maximum Gasteiger partial charge on any atom is 0.145 e. The minimum absolute atomic E-state index is 0.0111. The third-order valence-corrected chi connectivity index (χ3v) is 4.07. The predicted octanol–water partition coefficient (Wildman–Crippen LogP) is 4.99. The molecule has 0 saturated carbocycles. The Balaban J connectivity index is 2.83. The quantitative estimate of drug-likeness (QED) is 0.704. The van der Waals surface area contributed by atoms with Crippen LogP contribution in [-0.4, -0.2) is 5.78 Å². The van der Waals surface area contributed by atoms with Crippen LogP contribution in [0.2, 0.25) is 0 Å². The zero-order chi connectivity index (χ0) is 14.6. The van der Waals surface area contributed by atoms with Gasteiger partial charge >= 0.3 is 0 Å². The van der Waals surface area contributed by atoms with Gasteiger partial charge in [0.25, 0.3) is 0 Å². The molecule has 1 atom stereocenters. The molecule has 0 aliphatic rings. The van der Waals surface area contributed by atoms with Crippen LogP contribution in [-0.2, 0) is 11.2 Å². The maximum absolute atomic E-state index is 12.5. The summed E-state index contributed by atoms with van der Waals surface area (Å²) in [6, 6.07) is 8.56. The summed E-state index contributed by atoms with van der Waals surface area (Å²) in [5.41, 5.74) is 2.27. The number of carbonyl (C=O) groups excluding carboxylic acids is 1. The largest absolute Gasteiger partial charge is 0.298 e. The Hall–Kier alpha value is -1.11. The zero-order valence-electron chi connectivity index (χ0n) is 13.3. The van der Waals surface area contributed by atoms with E-state index in [1.807, 2.05) is 20.8 Å². The van der Waals surface area contributed by atoms with E-state index in [1.54, 1.807) is 0 Å². The first-order valence-corrected chi connectivity index (χ1v) is 7.41. The number of benzene rings is 1. The minimum Gasteiger partial charge on any atom is -0.298 e. The van der Waals surface area contributed by atoms with Gasteiger partial charge in [-0.3, -0.25) is 4.79 Å². The molecule has 0 fully saturated rings. The van der Waals surface area contributed by atoms with Gasteiger partial charge in [0.2, 0.25) is 0 Å². The summed E-state index contributed by atoms with van der Waals surface area (Å²) in [5.74, 6) is 0.999. The van der Waals surface area contributed by atoms with Gasteiger partial charge in [-0.15, -0.1) is 0 Å². The van der Waals surface area contributed by atoms with Crippen molar-refractivity contribution in [3.63, 3.8) is 0 Å². The van der Waals surface area contributed by atoms with Crippen molar-refractivity contribution in [2.45, 2.75) is 60.3 Å². The molecule has 0 heterocycles. The second-order valence-electron chi connectivity index (χ2n) is 6.66. The molecule has 0 aliphatic heterocycles. The van der Waals surface area contributed by atoms with Crippen LogP contribution in [0.25, 0.3) is 0 Å². The Bertz CT molecular complexity index is 412. The Morgan fingerprint density at radius 1 is 1.11 bits per heavy atom. The monoisotopic (exact) mass is 260 g/mol. The fourth-order valence-corrected chi connectivity index (χ4v) is 2.33. The fraction of sp³-hybridized carbons (Fsp3) is 0.611. The van der Waals surface area contributed by atoms with Gasteiger partial charge in [-0.2, -0.15) is 0 Å². The van der Waals surface area contributed by atoms with Crippen LogP contribution in [0.4, 0.5) is 0 Å². The molecule has 1 nitrogen and oxygen atoms in total. The maximum atomic E-state index is 12.5. The van der Waals surface area contributed by atoms with Gasteiger partial charge in [-0.1, -0.05) is 65.8 Å². The van der Waals surface area contributed by atoms with E-state index in [-0.39, 0.29) is 11.3 Å². The van der Waals surface area contributed by atoms with Crippen LogP contribution in [0.15, 0.2) is 24.3 Å². The second-order valence-corrected chi connectivity index (χ2v) is 6.66. The van der Waals surface area contributed by atoms with Gasteiger partial charge in [-0.25, -0.2) is 0 Å². The molecule has 1 aromatic rings. The van der Waals surface area contributed by atoms with E-state index in [9.17, 15) is 4.79 Å². The Morgan fingerprint density at radius 2 is 1.63 bits per heavy atom. The molecule has 0 saturated heterocycles. The van der Waals surface area contributed by atoms with Crippen LogP contribution >= 0.6 is 0 Å². The molecular weight excluding hydrogens is 232 g/mol. The molecule has 0 aliphatic carbocycles. The van der Waals surface area contributed by atoms with E-state index in [1.165, 1.54) is 5.56 Å². The number of hydrogen-bond acceptors (Lipinski definition) is 1. The smallest absolute Gasteiger partial charge is 0.145 e. The molecule has 0 radical (unpaired) electrons. The first kappa shape index (κ1) is 15.9. The standard InChI is InChI=1S/C18H28O/c1-7-18(5,6)17(19)14(4)16-10-8-15(9-11-16)12-13(2)3/h8-11,13-14H,7,12H2,1-6H3. The molecule has 1 unspecified atom stereocenters. The SMILES string of the molecule is CCC(C)(C)C(=O)C(C)c1ccc(CC(C)C)cc1. The number of rotatable bonds is 6. The van der Waals surface area contributed by atoms with Gasteiger partial charge in [-0.05, 0) is 29.9 Å². The summed E-state index contributed by atoms with van der Waals surface area (Å²) in [7, 11) is 0. The van der Waals surface area contributed by atoms with E-state index in [4.69, 9.17) is 0 Å². The van der Waals surface area contributed by atoms with E-state index < -0.39 is 0 Å². The van der Waals surface area contributed by atoms with Crippen molar-refractivity contribution < 1.29 is 4.79 Å². The molecule has 1 rings (SSSR count). The third-order valence-electron chi connectivity index (χ3n) is 4.07. The molecule has 0 N–H and O–H groups in total. The number of carbonyl (C=O) groups is 1. The Morgan fingerprint density at radius 3 is 2.05 bits per heavy atom. The Labute approximate surface area is 118 Å². The van der Waals surface area contributed by atoms with E-state index >= 15 is 0 Å². The van der Waals surface area contributed by atoms with Crippen LogP contribution in [0.1, 0.15) is 65.0 Å². The van der Waals surface area contributed by atoms with Crippen LogP contribution in [0.5, 0.6) is 0 Å². The van der Waals surface area contributed by atoms with Crippen molar-refractivity contribution in [1.82, 2.24) is 0 Å². The molecule has 106 valence electrons. The average Bonchev–Trinajstić information content (AvgIpc) is 2.37. The van der Waals surface area contributed by atoms with Gasteiger partial charge in [0, 0.05) is 11.3 Å². The van der Waals surface area contributed by atoms with Crippen LogP contribution < -0.4 is 0 Å². The molecular formula is C18H28O. The van der Waals surface area contributed by atoms with Crippen LogP contribution in [0, 0.1) is 11.3 Å². The highest BCUT2D eigenvalue weighted by Crippen LogP contribution is 2.30. The molecule has 1 heteroatoms. The van der Waals surface area contributed by atoms with Gasteiger partial charge in [0.1, 0.15) is 5.78 Å². The van der Waals surface area contributed by atoms with E-state index in [0.29, 0.717) is 11.7 Å². The van der Waals surface area contributed by atoms with E-state index in [0.717, 1.165) is 18.4 Å². The van der Waals surface area contributed by atoms with Crippen molar-refractivity contribution in [3.8, 4) is 0 Å². The molecule has 0 spiro atoms. The normalized spacial score (nSPS) is 13.6. The highest BCUT2D eigenvalue weighted by Gasteiger charge is 2.30. The zero-order valence-corrected chi connectivity index (χ0v) is 13.3. The first-order chi connectivity index (χ1) is 8.77. The summed E-state index contributed by atoms with van der Waals surface area (Å²) < 4.78 is 0. The fourth-order valence-electron chi connectivity index (χ4n) is 2.33. The number of Topliss-reactive ketones (excluding diaryl/α,β-unsaturated/α-hetero) is 1. The van der Waals surface area contributed by atoms with Crippen molar-refractivity contribution in [2.75, 3.05) is 0 Å². The lowest BCUT2D eigenvalue weighted by molar-refractivity contribution is -0.128. The molecule has 0 amide bonds. The highest BCUT2D eigenvalue weighted by atomic mass is 16.1. The summed E-state index contributed by atoms with van der Waals surface area (Å²) in [4.78, 5) is 12.5. The lowest BCUT2D eigenvalue weighted by Crippen LogP contribution is -2.27. The topological polar surface area (TPSA) is 17.1 Å². The lowest BCUT2D eigenvalue weighted by Gasteiger charge is -2.25. The summed E-state index contributed by atoms with van der Waals surface area (Å²) in [6.45, 7) is 12.6. The average molecular weight is 260 g/mol. The summed E-state index contributed by atoms with van der Waals surface area (Å²) in [6.07, 6.45) is 1.99. The molecule has 0 aromatic heterocycles. The van der Waals surface area contributed by atoms with Crippen molar-refractivity contribution in [2.24, 2.45) is 11.3 Å². The van der Waals surface area contributed by atoms with Crippen LogP contribution in [0.3, 0.4) is 0 Å². The molecule has 19 heavy (non-hydrogen) atoms. The number of hydrogen-bond donors (Lipinski definition) is 0. The predicted molar refractivity (Wildman–Crippen MR) is 82.5 cm³/mol. The minimum atomic E-state index is -0.226. The summed E-state index contributed by atoms with van der Waals surface area (Å²) in [5, 5.41) is 0. The van der Waals surface area contributed by atoms with Crippen molar-refractivity contribution >= 4 is 5.78 Å². The first-order valence-electron chi connectivity index (χ1n) is 7.41. The van der Waals surface area contributed by atoms with Crippen molar-refractivity contribution in [3.05, 3.63) is 35.4 Å². The number of ketones is 1. The van der Waals surface area contributed by atoms with Crippen molar-refractivity contribution in [1.29, 1.82) is 0 Å². The third kappa shape index (κ3) is 4.19.